The number of aromatic nitrogens is 2. The lowest BCUT2D eigenvalue weighted by atomic mass is 9.88. The Balaban J connectivity index is 1.43. The van der Waals surface area contributed by atoms with Crippen LogP contribution in [0.25, 0.3) is 54.8 Å². The van der Waals surface area contributed by atoms with Gasteiger partial charge in [-0.2, -0.15) is 0 Å². The highest BCUT2D eigenvalue weighted by Crippen LogP contribution is 2.46. The van der Waals surface area contributed by atoms with Crippen molar-refractivity contribution in [3.8, 4) is 22.3 Å². The van der Waals surface area contributed by atoms with Crippen LogP contribution in [0.2, 0.25) is 0 Å². The molecule has 6 aromatic carbocycles. The molecule has 8 rings (SSSR count). The molecule has 8 aromatic rings. The molecule has 2 aromatic heterocycles. The van der Waals surface area contributed by atoms with Gasteiger partial charge in [0.05, 0.1) is 11.0 Å². The third-order valence-electron chi connectivity index (χ3n) is 8.42. The summed E-state index contributed by atoms with van der Waals surface area (Å²) >= 11 is 6.64. The third kappa shape index (κ3) is 4.28. The van der Waals surface area contributed by atoms with Crippen molar-refractivity contribution in [1.29, 1.82) is 0 Å². The first-order valence-corrected chi connectivity index (χ1v) is 17.5. The van der Waals surface area contributed by atoms with Crippen LogP contribution in [0.5, 0.6) is 0 Å². The van der Waals surface area contributed by atoms with Gasteiger partial charge in [-0.25, -0.2) is 0 Å². The standard InChI is InChI=1S/C40H27N2PS/c44-43(31-16-6-2-7-17-31,32-18-8-3-9-19-32)33-24-22-29(23-25-33)37-38-34-20-11-10-15-30(34)27-42-40(38)36(28-13-4-1-5-14-28)35-21-12-26-41-39(35)37/h1-27H. The maximum Gasteiger partial charge on any atom is 0.0800 e. The molecule has 0 saturated carbocycles. The van der Waals surface area contributed by atoms with Crippen molar-refractivity contribution < 1.29 is 0 Å². The van der Waals surface area contributed by atoms with Gasteiger partial charge in [-0.15, -0.1) is 0 Å². The van der Waals surface area contributed by atoms with Gasteiger partial charge in [0.2, 0.25) is 0 Å². The van der Waals surface area contributed by atoms with Crippen LogP contribution >= 0.6 is 6.04 Å². The van der Waals surface area contributed by atoms with E-state index in [4.69, 9.17) is 21.8 Å². The molecule has 0 fully saturated rings. The summed E-state index contributed by atoms with van der Waals surface area (Å²) in [5.74, 6) is 0. The van der Waals surface area contributed by atoms with Gasteiger partial charge in [0.1, 0.15) is 0 Å². The van der Waals surface area contributed by atoms with E-state index in [1.165, 1.54) is 21.3 Å². The minimum absolute atomic E-state index is 0.968. The zero-order valence-corrected chi connectivity index (χ0v) is 25.5. The molecule has 2 nitrogen and oxygen atoms in total. The van der Waals surface area contributed by atoms with Crippen molar-refractivity contribution >= 4 is 66.3 Å². The van der Waals surface area contributed by atoms with Crippen LogP contribution in [-0.4, -0.2) is 9.97 Å². The fourth-order valence-electron chi connectivity index (χ4n) is 6.40. The van der Waals surface area contributed by atoms with E-state index in [0.717, 1.165) is 49.4 Å². The number of fused-ring (bicyclic) bond motifs is 4. The average Bonchev–Trinajstić information content (AvgIpc) is 3.11. The summed E-state index contributed by atoms with van der Waals surface area (Å²) in [7, 11) is 0. The maximum absolute atomic E-state index is 6.64. The van der Waals surface area contributed by atoms with Gasteiger partial charge >= 0.3 is 0 Å². The highest BCUT2D eigenvalue weighted by molar-refractivity contribution is 8.25. The summed E-state index contributed by atoms with van der Waals surface area (Å²) in [5, 5.41) is 8.02. The van der Waals surface area contributed by atoms with E-state index in [-0.39, 0.29) is 0 Å². The van der Waals surface area contributed by atoms with E-state index < -0.39 is 6.04 Å². The van der Waals surface area contributed by atoms with Crippen LogP contribution in [0.3, 0.4) is 0 Å². The van der Waals surface area contributed by atoms with E-state index in [0.29, 0.717) is 0 Å². The Labute approximate surface area is 261 Å². The SMILES string of the molecule is S=P(c1ccccc1)(c1ccccc1)c1ccc(-c2c3ncccc3c(-c3ccccc3)c3ncc4ccccc4c23)cc1. The van der Waals surface area contributed by atoms with E-state index in [9.17, 15) is 0 Å². The first-order chi connectivity index (χ1) is 21.7. The first kappa shape index (κ1) is 26.7. The lowest BCUT2D eigenvalue weighted by Crippen LogP contribution is -2.24. The molecule has 0 aliphatic carbocycles. The van der Waals surface area contributed by atoms with Gasteiger partial charge in [0.15, 0.2) is 0 Å². The maximum atomic E-state index is 6.64. The van der Waals surface area contributed by atoms with Gasteiger partial charge in [0.25, 0.3) is 0 Å². The predicted molar refractivity (Wildman–Crippen MR) is 191 cm³/mol. The second-order valence-electron chi connectivity index (χ2n) is 10.9. The topological polar surface area (TPSA) is 25.8 Å². The van der Waals surface area contributed by atoms with Crippen molar-refractivity contribution in [1.82, 2.24) is 9.97 Å². The van der Waals surface area contributed by atoms with Crippen LogP contribution < -0.4 is 15.9 Å². The van der Waals surface area contributed by atoms with Gasteiger partial charge in [-0.05, 0) is 38.5 Å². The van der Waals surface area contributed by atoms with Crippen molar-refractivity contribution in [3.63, 3.8) is 0 Å². The smallest absolute Gasteiger partial charge is 0.0800 e. The van der Waals surface area contributed by atoms with Crippen molar-refractivity contribution in [2.45, 2.75) is 0 Å². The Morgan fingerprint density at radius 2 is 0.977 bits per heavy atom. The Morgan fingerprint density at radius 1 is 0.432 bits per heavy atom. The van der Waals surface area contributed by atoms with Gasteiger partial charge < -0.3 is 0 Å². The minimum atomic E-state index is -2.27. The zero-order valence-electron chi connectivity index (χ0n) is 23.8. The molecule has 208 valence electrons. The van der Waals surface area contributed by atoms with Crippen molar-refractivity contribution in [2.24, 2.45) is 0 Å². The van der Waals surface area contributed by atoms with E-state index >= 15 is 0 Å². The number of benzene rings is 6. The molecule has 0 aliphatic rings. The van der Waals surface area contributed by atoms with Crippen molar-refractivity contribution in [3.05, 3.63) is 164 Å². The predicted octanol–water partition coefficient (Wildman–Crippen LogP) is 9.03. The van der Waals surface area contributed by atoms with E-state index in [2.05, 4.69) is 146 Å². The van der Waals surface area contributed by atoms with Crippen LogP contribution in [0, 0.1) is 0 Å². The minimum Gasteiger partial charge on any atom is -0.256 e. The van der Waals surface area contributed by atoms with E-state index in [1.807, 2.05) is 18.5 Å². The molecular formula is C40H27N2PS. The van der Waals surface area contributed by atoms with Crippen LogP contribution in [0.15, 0.2) is 164 Å². The molecule has 0 amide bonds. The largest absolute Gasteiger partial charge is 0.256 e. The fraction of sp³-hybridized carbons (Fsp3) is 0. The molecule has 0 aliphatic heterocycles. The lowest BCUT2D eigenvalue weighted by molar-refractivity contribution is 1.40. The third-order valence-corrected chi connectivity index (χ3v) is 13.4. The molecule has 0 unspecified atom stereocenters. The summed E-state index contributed by atoms with van der Waals surface area (Å²) in [6.45, 7) is 0. The monoisotopic (exact) mass is 598 g/mol. The number of pyridine rings is 2. The Morgan fingerprint density at radius 3 is 1.66 bits per heavy atom. The quantitative estimate of drug-likeness (QED) is 0.112. The number of hydrogen-bond donors (Lipinski definition) is 0. The highest BCUT2D eigenvalue weighted by atomic mass is 32.4. The van der Waals surface area contributed by atoms with Crippen LogP contribution in [0.1, 0.15) is 0 Å². The molecule has 4 heteroatoms. The molecule has 0 atom stereocenters. The molecule has 0 N–H and O–H groups in total. The van der Waals surface area contributed by atoms with E-state index in [1.54, 1.807) is 0 Å². The molecule has 0 radical (unpaired) electrons. The molecule has 0 spiro atoms. The summed E-state index contributed by atoms with van der Waals surface area (Å²) in [6, 6.07) is 51.1. The first-order valence-electron chi connectivity index (χ1n) is 14.7. The molecule has 0 bridgehead atoms. The normalized spacial score (nSPS) is 11.7. The zero-order chi connectivity index (χ0) is 29.5. The van der Waals surface area contributed by atoms with Gasteiger partial charge in [0, 0.05) is 45.7 Å². The molecule has 0 saturated heterocycles. The van der Waals surface area contributed by atoms with Crippen LogP contribution in [0.4, 0.5) is 0 Å². The molecule has 44 heavy (non-hydrogen) atoms. The van der Waals surface area contributed by atoms with Gasteiger partial charge in [-0.1, -0.05) is 157 Å². The van der Waals surface area contributed by atoms with Crippen LogP contribution in [-0.2, 0) is 11.8 Å². The molecule has 2 heterocycles. The number of rotatable bonds is 5. The Hall–Kier alpha value is -4.95. The summed E-state index contributed by atoms with van der Waals surface area (Å²) in [4.78, 5) is 10.1. The van der Waals surface area contributed by atoms with Crippen molar-refractivity contribution in [2.75, 3.05) is 0 Å². The highest BCUT2D eigenvalue weighted by Gasteiger charge is 2.25. The summed E-state index contributed by atoms with van der Waals surface area (Å²) < 4.78 is 0. The number of nitrogens with zero attached hydrogens (tertiary/aromatic N) is 2. The Bertz CT molecular complexity index is 2290. The summed E-state index contributed by atoms with van der Waals surface area (Å²) in [5.41, 5.74) is 6.38. The number of hydrogen-bond acceptors (Lipinski definition) is 3. The average molecular weight is 599 g/mol. The van der Waals surface area contributed by atoms with Gasteiger partial charge in [-0.3, -0.25) is 9.97 Å². The second kappa shape index (κ2) is 11.0. The summed E-state index contributed by atoms with van der Waals surface area (Å²) in [6.07, 6.45) is 3.89. The Kier molecular flexibility index (Phi) is 6.64. The second-order valence-corrected chi connectivity index (χ2v) is 15.3. The molecular weight excluding hydrogens is 571 g/mol. The fourth-order valence-corrected chi connectivity index (χ4v) is 10.1. The lowest BCUT2D eigenvalue weighted by Gasteiger charge is -2.24.